The third-order valence-corrected chi connectivity index (χ3v) is 3.17. The number of hydrogen-bond donors (Lipinski definition) is 2. The summed E-state index contributed by atoms with van der Waals surface area (Å²) in [6.07, 6.45) is 0.128. The molecule has 0 aliphatic heterocycles. The van der Waals surface area contributed by atoms with Crippen LogP contribution in [0.5, 0.6) is 0 Å². The van der Waals surface area contributed by atoms with Crippen LogP contribution in [0.2, 0.25) is 0 Å². The van der Waals surface area contributed by atoms with E-state index in [-0.39, 0.29) is 12.0 Å². The van der Waals surface area contributed by atoms with Crippen LogP contribution in [0.3, 0.4) is 0 Å². The second-order valence-corrected chi connectivity index (χ2v) is 4.68. The van der Waals surface area contributed by atoms with Gasteiger partial charge in [-0.05, 0) is 31.0 Å². The largest absolute Gasteiger partial charge is 0.271 e. The number of aryl methyl sites for hydroxylation is 1. The highest BCUT2D eigenvalue weighted by Crippen LogP contribution is 2.23. The van der Waals surface area contributed by atoms with Gasteiger partial charge in [-0.2, -0.15) is 0 Å². The average Bonchev–Trinajstić information content (AvgIpc) is 2.41. The molecular weight excluding hydrogens is 265 g/mol. The van der Waals surface area contributed by atoms with Gasteiger partial charge in [-0.3, -0.25) is 11.3 Å². The van der Waals surface area contributed by atoms with Crippen LogP contribution >= 0.6 is 0 Å². The number of hydrogen-bond acceptors (Lipinski definition) is 2. The van der Waals surface area contributed by atoms with E-state index in [1.165, 1.54) is 18.2 Å². The minimum Gasteiger partial charge on any atom is -0.271 e. The third kappa shape index (κ3) is 3.18. The Morgan fingerprint density at radius 2 is 1.80 bits per heavy atom. The average molecular weight is 280 g/mol. The van der Waals surface area contributed by atoms with Gasteiger partial charge < -0.3 is 0 Å². The molecule has 3 N–H and O–H groups in total. The van der Waals surface area contributed by atoms with Gasteiger partial charge in [0.15, 0.2) is 0 Å². The fraction of sp³-hybridized carbons (Fsp3) is 0.200. The molecule has 0 aliphatic rings. The lowest BCUT2D eigenvalue weighted by atomic mass is 9.97. The van der Waals surface area contributed by atoms with Gasteiger partial charge in [-0.25, -0.2) is 13.2 Å². The molecule has 0 spiro atoms. The summed E-state index contributed by atoms with van der Waals surface area (Å²) in [7, 11) is 0. The molecule has 2 aromatic carbocycles. The third-order valence-electron chi connectivity index (χ3n) is 3.17. The fourth-order valence-corrected chi connectivity index (χ4v) is 2.10. The lowest BCUT2D eigenvalue weighted by Crippen LogP contribution is -2.30. The molecule has 1 atom stereocenters. The van der Waals surface area contributed by atoms with Crippen molar-refractivity contribution in [3.8, 4) is 0 Å². The van der Waals surface area contributed by atoms with Gasteiger partial charge in [-0.1, -0.05) is 23.8 Å². The van der Waals surface area contributed by atoms with E-state index in [4.69, 9.17) is 5.84 Å². The van der Waals surface area contributed by atoms with E-state index >= 15 is 0 Å². The summed E-state index contributed by atoms with van der Waals surface area (Å²) in [6.45, 7) is 1.83. The number of hydrazine groups is 1. The molecule has 0 fully saturated rings. The van der Waals surface area contributed by atoms with Gasteiger partial charge in [0.2, 0.25) is 0 Å². The Bertz CT molecular complexity index is 614. The van der Waals surface area contributed by atoms with Crippen LogP contribution in [0, 0.1) is 24.4 Å². The van der Waals surface area contributed by atoms with Crippen LogP contribution in [-0.2, 0) is 6.42 Å². The first kappa shape index (κ1) is 14.6. The predicted molar refractivity (Wildman–Crippen MR) is 71.3 cm³/mol. The van der Waals surface area contributed by atoms with Gasteiger partial charge >= 0.3 is 0 Å². The van der Waals surface area contributed by atoms with Crippen LogP contribution in [0.25, 0.3) is 0 Å². The molecule has 2 nitrogen and oxygen atoms in total. The van der Waals surface area contributed by atoms with E-state index in [9.17, 15) is 13.2 Å². The molecule has 0 amide bonds. The van der Waals surface area contributed by atoms with Crippen LogP contribution in [0.15, 0.2) is 36.4 Å². The Morgan fingerprint density at radius 1 is 1.05 bits per heavy atom. The summed E-state index contributed by atoms with van der Waals surface area (Å²) in [5.74, 6) is 3.71. The smallest absolute Gasteiger partial charge is 0.129 e. The topological polar surface area (TPSA) is 38.0 Å². The molecule has 20 heavy (non-hydrogen) atoms. The van der Waals surface area contributed by atoms with Crippen molar-refractivity contribution < 1.29 is 13.2 Å². The van der Waals surface area contributed by atoms with E-state index < -0.39 is 23.5 Å². The Balaban J connectivity index is 2.31. The van der Waals surface area contributed by atoms with Gasteiger partial charge in [-0.15, -0.1) is 0 Å². The van der Waals surface area contributed by atoms with Crippen molar-refractivity contribution >= 4 is 0 Å². The van der Waals surface area contributed by atoms with E-state index in [0.717, 1.165) is 11.6 Å². The number of rotatable bonds is 4. The first-order valence-corrected chi connectivity index (χ1v) is 6.17. The van der Waals surface area contributed by atoms with Crippen molar-refractivity contribution in [3.05, 3.63) is 70.5 Å². The first-order valence-electron chi connectivity index (χ1n) is 6.17. The highest BCUT2D eigenvalue weighted by Gasteiger charge is 2.17. The molecule has 0 radical (unpaired) electrons. The first-order chi connectivity index (χ1) is 9.51. The van der Waals surface area contributed by atoms with E-state index in [1.807, 2.05) is 6.92 Å². The number of halogens is 3. The van der Waals surface area contributed by atoms with Crippen molar-refractivity contribution in [2.45, 2.75) is 19.4 Å². The lowest BCUT2D eigenvalue weighted by Gasteiger charge is -2.18. The van der Waals surface area contributed by atoms with E-state index in [0.29, 0.717) is 5.56 Å². The molecular formula is C15H15F3N2. The predicted octanol–water partition coefficient (Wildman–Crippen LogP) is 3.16. The number of nitrogens with two attached hydrogens (primary N) is 1. The Kier molecular flexibility index (Phi) is 4.42. The molecule has 1 unspecified atom stereocenters. The van der Waals surface area contributed by atoms with Crippen molar-refractivity contribution in [1.82, 2.24) is 5.43 Å². The van der Waals surface area contributed by atoms with Crippen molar-refractivity contribution in [2.24, 2.45) is 5.84 Å². The molecule has 0 saturated carbocycles. The van der Waals surface area contributed by atoms with E-state index in [2.05, 4.69) is 5.43 Å². The van der Waals surface area contributed by atoms with Crippen LogP contribution in [0.4, 0.5) is 13.2 Å². The van der Waals surface area contributed by atoms with Gasteiger partial charge in [0.25, 0.3) is 0 Å². The molecule has 0 saturated heterocycles. The molecule has 0 aliphatic carbocycles. The molecule has 0 heterocycles. The highest BCUT2D eigenvalue weighted by molar-refractivity contribution is 5.29. The fourth-order valence-electron chi connectivity index (χ4n) is 2.10. The maximum Gasteiger partial charge on any atom is 0.129 e. The van der Waals surface area contributed by atoms with Crippen LogP contribution in [-0.4, -0.2) is 0 Å². The zero-order chi connectivity index (χ0) is 14.7. The summed E-state index contributed by atoms with van der Waals surface area (Å²) in [4.78, 5) is 0. The minimum absolute atomic E-state index is 0.128. The Labute approximate surface area is 115 Å². The number of nitrogens with one attached hydrogen (secondary N) is 1. The van der Waals surface area contributed by atoms with Crippen LogP contribution < -0.4 is 11.3 Å². The quantitative estimate of drug-likeness (QED) is 0.667. The second kappa shape index (κ2) is 6.07. The van der Waals surface area contributed by atoms with Gasteiger partial charge in [0.05, 0.1) is 6.04 Å². The second-order valence-electron chi connectivity index (χ2n) is 4.68. The monoisotopic (exact) mass is 280 g/mol. The zero-order valence-electron chi connectivity index (χ0n) is 11.0. The summed E-state index contributed by atoms with van der Waals surface area (Å²) in [6, 6.07) is 7.36. The van der Waals surface area contributed by atoms with Crippen molar-refractivity contribution in [3.63, 3.8) is 0 Å². The Hall–Kier alpha value is -1.85. The van der Waals surface area contributed by atoms with Gasteiger partial charge in [0.1, 0.15) is 17.5 Å². The SMILES string of the molecule is Cc1ccc(F)c(C(Cc2ccc(F)cc2F)NN)c1. The summed E-state index contributed by atoms with van der Waals surface area (Å²) < 4.78 is 40.3. The maximum atomic E-state index is 13.8. The number of benzene rings is 2. The Morgan fingerprint density at radius 3 is 2.45 bits per heavy atom. The summed E-state index contributed by atoms with van der Waals surface area (Å²) in [5.41, 5.74) is 3.98. The van der Waals surface area contributed by atoms with Crippen molar-refractivity contribution in [1.29, 1.82) is 0 Å². The van der Waals surface area contributed by atoms with Crippen molar-refractivity contribution in [2.75, 3.05) is 0 Å². The summed E-state index contributed by atoms with van der Waals surface area (Å²) in [5, 5.41) is 0. The maximum absolute atomic E-state index is 13.8. The zero-order valence-corrected chi connectivity index (χ0v) is 11.0. The molecule has 0 bridgehead atoms. The molecule has 0 aromatic heterocycles. The molecule has 5 heteroatoms. The summed E-state index contributed by atoms with van der Waals surface area (Å²) >= 11 is 0. The normalized spacial score (nSPS) is 12.4. The molecule has 106 valence electrons. The highest BCUT2D eigenvalue weighted by atomic mass is 19.1. The minimum atomic E-state index is -0.668. The van der Waals surface area contributed by atoms with E-state index in [1.54, 1.807) is 12.1 Å². The van der Waals surface area contributed by atoms with Gasteiger partial charge in [0, 0.05) is 11.6 Å². The lowest BCUT2D eigenvalue weighted by molar-refractivity contribution is 0.495. The molecule has 2 aromatic rings. The standard InChI is InChI=1S/C15H15F3N2/c1-9-2-5-13(17)12(6-9)15(20-19)7-10-3-4-11(16)8-14(10)18/h2-6,8,15,20H,7,19H2,1H3. The van der Waals surface area contributed by atoms with Crippen LogP contribution in [0.1, 0.15) is 22.7 Å². The molecule has 2 rings (SSSR count).